The average Bonchev–Trinajstić information content (AvgIpc) is 3.20. The number of carbonyl (C=O) groups excluding carboxylic acids is 1. The van der Waals surface area contributed by atoms with E-state index in [-0.39, 0.29) is 35.5 Å². The van der Waals surface area contributed by atoms with E-state index in [0.29, 0.717) is 40.6 Å². The summed E-state index contributed by atoms with van der Waals surface area (Å²) in [6.45, 7) is 11.4. The number of phenolic OH excluding ortho intramolecular Hbond substituents is 1. The molecule has 0 bridgehead atoms. The molecule has 4 heterocycles. The molecule has 0 saturated carbocycles. The van der Waals surface area contributed by atoms with Crippen molar-refractivity contribution in [2.45, 2.75) is 78.1 Å². The van der Waals surface area contributed by atoms with Gasteiger partial charge in [-0.2, -0.15) is 5.10 Å². The maximum atomic E-state index is 13.5. The third kappa shape index (κ3) is 4.50. The first kappa shape index (κ1) is 25.8. The maximum absolute atomic E-state index is 13.5. The Morgan fingerprint density at radius 3 is 2.47 bits per heavy atom. The highest BCUT2D eigenvalue weighted by Gasteiger charge is 2.37. The van der Waals surface area contributed by atoms with Crippen LogP contribution in [0, 0.1) is 6.92 Å². The highest BCUT2D eigenvalue weighted by atomic mass is 16.6. The van der Waals surface area contributed by atoms with Gasteiger partial charge in [0, 0.05) is 54.1 Å². The molecule has 0 radical (unpaired) electrons. The second kappa shape index (κ2) is 9.15. The number of carbonyl (C=O) groups is 1. The van der Waals surface area contributed by atoms with E-state index in [1.54, 1.807) is 32.5 Å². The summed E-state index contributed by atoms with van der Waals surface area (Å²) in [7, 11) is 1.85. The Balaban J connectivity index is 1.46. The smallest absolute Gasteiger partial charge is 0.410 e. The Bertz CT molecular complexity index is 1600. The van der Waals surface area contributed by atoms with E-state index in [0.717, 1.165) is 10.9 Å². The van der Waals surface area contributed by atoms with E-state index in [4.69, 9.17) is 9.72 Å². The van der Waals surface area contributed by atoms with Crippen LogP contribution in [0.1, 0.15) is 59.1 Å². The Kier molecular flexibility index (Phi) is 6.20. The summed E-state index contributed by atoms with van der Waals surface area (Å²) < 4.78 is 9.11. The second-order valence-electron chi connectivity index (χ2n) is 11.5. The van der Waals surface area contributed by atoms with E-state index < -0.39 is 5.60 Å². The van der Waals surface area contributed by atoms with E-state index >= 15 is 0 Å². The number of pyridine rings is 2. The first-order valence-electron chi connectivity index (χ1n) is 13.0. The number of rotatable bonds is 2. The van der Waals surface area contributed by atoms with E-state index in [9.17, 15) is 14.7 Å². The normalized spacial score (nSPS) is 20.3. The van der Waals surface area contributed by atoms with Crippen molar-refractivity contribution in [2.24, 2.45) is 7.05 Å². The number of nitrogens with zero attached hydrogens (tertiary/aromatic N) is 5. The lowest BCUT2D eigenvalue weighted by atomic mass is 9.92. The van der Waals surface area contributed by atoms with Gasteiger partial charge < -0.3 is 19.3 Å². The predicted molar refractivity (Wildman–Crippen MR) is 147 cm³/mol. The third-order valence-electron chi connectivity index (χ3n) is 7.35. The molecular formula is C29H35N5O4. The number of hydrogen-bond acceptors (Lipinski definition) is 6. The third-order valence-corrected chi connectivity index (χ3v) is 7.35. The summed E-state index contributed by atoms with van der Waals surface area (Å²) in [5.74, 6) is 0.135. The van der Waals surface area contributed by atoms with Crippen LogP contribution in [0.2, 0.25) is 0 Å². The van der Waals surface area contributed by atoms with Gasteiger partial charge in [0.1, 0.15) is 11.4 Å². The van der Waals surface area contributed by atoms with Gasteiger partial charge in [-0.15, -0.1) is 0 Å². The molecule has 9 nitrogen and oxygen atoms in total. The molecule has 9 heteroatoms. The number of phenols is 1. The zero-order valence-electron chi connectivity index (χ0n) is 23.0. The summed E-state index contributed by atoms with van der Waals surface area (Å²) in [6, 6.07) is 7.09. The first-order valence-corrected chi connectivity index (χ1v) is 13.0. The number of fused-ring (bicyclic) bond motifs is 2. The fourth-order valence-corrected chi connectivity index (χ4v) is 5.66. The molecule has 1 aromatic carbocycles. The lowest BCUT2D eigenvalue weighted by molar-refractivity contribution is -0.00633. The summed E-state index contributed by atoms with van der Waals surface area (Å²) in [4.78, 5) is 32.9. The number of likely N-dealkylation sites (tertiary alicyclic amines) is 1. The van der Waals surface area contributed by atoms with Crippen LogP contribution in [-0.2, 0) is 11.8 Å². The Morgan fingerprint density at radius 1 is 1.13 bits per heavy atom. The molecule has 0 spiro atoms. The van der Waals surface area contributed by atoms with Gasteiger partial charge in [-0.25, -0.2) is 9.78 Å². The minimum Gasteiger partial charge on any atom is -0.507 e. The quantitative estimate of drug-likeness (QED) is 0.386. The van der Waals surface area contributed by atoms with E-state index in [1.807, 2.05) is 66.9 Å². The van der Waals surface area contributed by atoms with Gasteiger partial charge in [0.05, 0.1) is 22.1 Å². The van der Waals surface area contributed by atoms with Gasteiger partial charge in [0.15, 0.2) is 0 Å². The molecule has 0 aliphatic carbocycles. The van der Waals surface area contributed by atoms with Crippen LogP contribution in [0.5, 0.6) is 5.75 Å². The molecule has 1 N–H and O–H groups in total. The highest BCUT2D eigenvalue weighted by Crippen LogP contribution is 2.37. The van der Waals surface area contributed by atoms with Crippen molar-refractivity contribution in [3.63, 3.8) is 0 Å². The molecule has 4 aromatic rings. The zero-order valence-corrected chi connectivity index (χ0v) is 23.0. The lowest BCUT2D eigenvalue weighted by Gasteiger charge is -2.43. The van der Waals surface area contributed by atoms with Gasteiger partial charge in [0.2, 0.25) is 0 Å². The number of hydrogen-bond donors (Lipinski definition) is 1. The maximum Gasteiger partial charge on any atom is 0.410 e. The molecule has 3 atom stereocenters. The number of aromatic nitrogens is 4. The van der Waals surface area contributed by atoms with E-state index in [2.05, 4.69) is 5.10 Å². The molecular weight excluding hydrogens is 482 g/mol. The van der Waals surface area contributed by atoms with E-state index in [1.165, 1.54) is 0 Å². The molecule has 1 amide bonds. The van der Waals surface area contributed by atoms with Gasteiger partial charge in [-0.05, 0) is 78.6 Å². The molecule has 38 heavy (non-hydrogen) atoms. The van der Waals surface area contributed by atoms with Crippen LogP contribution in [0.4, 0.5) is 4.79 Å². The lowest BCUT2D eigenvalue weighted by Crippen LogP contribution is -2.52. The second-order valence-corrected chi connectivity index (χ2v) is 11.5. The highest BCUT2D eigenvalue weighted by molar-refractivity contribution is 5.91. The van der Waals surface area contributed by atoms with Gasteiger partial charge in [-0.1, -0.05) is 0 Å². The van der Waals surface area contributed by atoms with Crippen molar-refractivity contribution in [1.82, 2.24) is 24.2 Å². The minimum atomic E-state index is -0.562. The average molecular weight is 518 g/mol. The standard InChI is InChI=1S/C29H35N5O4/c1-16-12-20(13-17(2)34(16)28(37)38-29(4,5)6)33-11-10-24-21(27(33)36)8-9-23(30-24)22-14-19-15-32(7)31-25(19)18(3)26(22)35/h8-11,14-17,20,35H,12-13H2,1-7H3/t16-,17+,20?. The van der Waals surface area contributed by atoms with Crippen LogP contribution < -0.4 is 5.56 Å². The van der Waals surface area contributed by atoms with Crippen molar-refractivity contribution in [3.05, 3.63) is 52.6 Å². The molecule has 1 fully saturated rings. The number of aromatic hydroxyl groups is 1. The molecule has 1 aliphatic heterocycles. The number of benzene rings is 1. The summed E-state index contributed by atoms with van der Waals surface area (Å²) in [5.41, 5.74) is 2.53. The molecule has 200 valence electrons. The fraction of sp³-hybridized carbons (Fsp3) is 0.448. The largest absolute Gasteiger partial charge is 0.507 e. The number of amides is 1. The van der Waals surface area contributed by atoms with Crippen molar-refractivity contribution in [3.8, 4) is 17.0 Å². The van der Waals surface area contributed by atoms with Gasteiger partial charge in [-0.3, -0.25) is 9.48 Å². The molecule has 1 unspecified atom stereocenters. The van der Waals surface area contributed by atoms with Crippen molar-refractivity contribution in [1.29, 1.82) is 0 Å². The van der Waals surface area contributed by atoms with Crippen LogP contribution in [0.25, 0.3) is 33.1 Å². The van der Waals surface area contributed by atoms with Crippen molar-refractivity contribution in [2.75, 3.05) is 0 Å². The Hall–Kier alpha value is -3.88. The number of ether oxygens (including phenoxy) is 1. The van der Waals surface area contributed by atoms with Gasteiger partial charge in [0.25, 0.3) is 5.56 Å². The Morgan fingerprint density at radius 2 is 1.82 bits per heavy atom. The molecule has 5 rings (SSSR count). The SMILES string of the molecule is Cc1c(O)c(-c2ccc3c(=O)n(C4C[C@@H](C)N(C(=O)OC(C)(C)C)[C@@H](C)C4)ccc3n2)cc2cn(C)nc12. The van der Waals surface area contributed by atoms with Crippen molar-refractivity contribution >= 4 is 27.9 Å². The van der Waals surface area contributed by atoms with Crippen LogP contribution in [-0.4, -0.2) is 53.1 Å². The summed E-state index contributed by atoms with van der Waals surface area (Å²) >= 11 is 0. The molecule has 1 aliphatic rings. The summed E-state index contributed by atoms with van der Waals surface area (Å²) in [5, 5.41) is 16.7. The zero-order chi connectivity index (χ0) is 27.5. The summed E-state index contributed by atoms with van der Waals surface area (Å²) in [6.07, 6.45) is 4.68. The first-order chi connectivity index (χ1) is 17.8. The predicted octanol–water partition coefficient (Wildman–Crippen LogP) is 5.31. The number of piperidine rings is 1. The van der Waals surface area contributed by atoms with Gasteiger partial charge >= 0.3 is 6.09 Å². The fourth-order valence-electron chi connectivity index (χ4n) is 5.66. The van der Waals surface area contributed by atoms with Crippen LogP contribution >= 0.6 is 0 Å². The minimum absolute atomic E-state index is 0.0463. The monoisotopic (exact) mass is 517 g/mol. The van der Waals surface area contributed by atoms with Crippen LogP contribution in [0.15, 0.2) is 41.5 Å². The molecule has 3 aromatic heterocycles. The Labute approximate surface area is 221 Å². The van der Waals surface area contributed by atoms with Crippen molar-refractivity contribution < 1.29 is 14.6 Å². The number of aryl methyl sites for hydroxylation is 2. The molecule has 1 saturated heterocycles. The van der Waals surface area contributed by atoms with Crippen LogP contribution in [0.3, 0.4) is 0 Å². The topological polar surface area (TPSA) is 102 Å².